The fourth-order valence-corrected chi connectivity index (χ4v) is 1.92. The van der Waals surface area contributed by atoms with E-state index in [9.17, 15) is 19.5 Å². The van der Waals surface area contributed by atoms with Crippen LogP contribution in [0.5, 0.6) is 0 Å². The number of benzene rings is 1. The molecule has 3 N–H and O–H groups in total. The number of hydrogen-bond donors (Lipinski definition) is 3. The highest BCUT2D eigenvalue weighted by Gasteiger charge is 2.37. The third-order valence-electron chi connectivity index (χ3n) is 3.21. The van der Waals surface area contributed by atoms with Gasteiger partial charge in [0, 0.05) is 6.20 Å². The van der Waals surface area contributed by atoms with Crippen molar-refractivity contribution in [2.45, 2.75) is 12.5 Å². The number of hydrogen-bond acceptors (Lipinski definition) is 3. The lowest BCUT2D eigenvalue weighted by Crippen LogP contribution is -2.50. The summed E-state index contributed by atoms with van der Waals surface area (Å²) in [7, 11) is 0. The van der Waals surface area contributed by atoms with E-state index in [4.69, 9.17) is 0 Å². The number of carbonyl (C=O) groups excluding carboxylic acids is 1. The van der Waals surface area contributed by atoms with Gasteiger partial charge in [-0.3, -0.25) is 9.59 Å². The first-order valence-electron chi connectivity index (χ1n) is 6.24. The Morgan fingerprint density at radius 1 is 1.14 bits per heavy atom. The topological polar surface area (TPSA) is 99.3 Å². The quantitative estimate of drug-likeness (QED) is 0.783. The third kappa shape index (κ3) is 2.84. The van der Waals surface area contributed by atoms with Gasteiger partial charge in [-0.15, -0.1) is 0 Å². The van der Waals surface area contributed by atoms with E-state index in [0.29, 0.717) is 5.56 Å². The van der Waals surface area contributed by atoms with Gasteiger partial charge >= 0.3 is 5.97 Å². The van der Waals surface area contributed by atoms with E-state index in [2.05, 4.69) is 10.3 Å². The van der Waals surface area contributed by atoms with Gasteiger partial charge in [-0.25, -0.2) is 4.79 Å². The summed E-state index contributed by atoms with van der Waals surface area (Å²) in [6.07, 6.45) is 1.40. The minimum Gasteiger partial charge on any atom is -0.479 e. The van der Waals surface area contributed by atoms with Crippen LogP contribution in [0.4, 0.5) is 0 Å². The number of rotatable bonds is 4. The summed E-state index contributed by atoms with van der Waals surface area (Å²) in [4.78, 5) is 37.7. The molecule has 1 unspecified atom stereocenters. The Morgan fingerprint density at radius 2 is 1.81 bits per heavy atom. The van der Waals surface area contributed by atoms with Crippen LogP contribution >= 0.6 is 0 Å². The molecule has 1 amide bonds. The predicted molar refractivity (Wildman–Crippen MR) is 76.0 cm³/mol. The van der Waals surface area contributed by atoms with Gasteiger partial charge in [-0.05, 0) is 24.6 Å². The fourth-order valence-electron chi connectivity index (χ4n) is 1.92. The largest absolute Gasteiger partial charge is 0.479 e. The first-order chi connectivity index (χ1) is 9.95. The number of carbonyl (C=O) groups is 2. The van der Waals surface area contributed by atoms with Crippen molar-refractivity contribution in [3.05, 3.63) is 70.1 Å². The Balaban J connectivity index is 2.38. The standard InChI is InChI=1S/C15H14N2O4/c1-15(14(20)21,10-6-3-2-4-7-10)17-13(19)11-8-5-9-16-12(11)18/h2-9H,1H3,(H,16,18)(H,17,19)(H,20,21). The second kappa shape index (κ2) is 5.62. The number of carboxylic acid groups (broad SMARTS) is 1. The molecule has 0 saturated heterocycles. The van der Waals surface area contributed by atoms with Gasteiger partial charge in [0.2, 0.25) is 0 Å². The van der Waals surface area contributed by atoms with Crippen LogP contribution < -0.4 is 10.9 Å². The predicted octanol–water partition coefficient (Wildman–Crippen LogP) is 1.10. The Labute approximate surface area is 120 Å². The number of carboxylic acids is 1. The van der Waals surface area contributed by atoms with E-state index in [-0.39, 0.29) is 5.56 Å². The maximum atomic E-state index is 12.2. The minimum absolute atomic E-state index is 0.138. The average Bonchev–Trinajstić information content (AvgIpc) is 2.48. The highest BCUT2D eigenvalue weighted by atomic mass is 16.4. The van der Waals surface area contributed by atoms with Crippen molar-refractivity contribution in [2.75, 3.05) is 0 Å². The van der Waals surface area contributed by atoms with Gasteiger partial charge in [-0.2, -0.15) is 0 Å². The molecule has 0 spiro atoms. The second-order valence-corrected chi connectivity index (χ2v) is 4.66. The molecule has 0 bridgehead atoms. The second-order valence-electron chi connectivity index (χ2n) is 4.66. The number of amides is 1. The first-order valence-corrected chi connectivity index (χ1v) is 6.24. The molecule has 6 nitrogen and oxygen atoms in total. The van der Waals surface area contributed by atoms with Gasteiger partial charge in [0.05, 0.1) is 0 Å². The zero-order chi connectivity index (χ0) is 15.5. The maximum absolute atomic E-state index is 12.2. The average molecular weight is 286 g/mol. The van der Waals surface area contributed by atoms with Crippen LogP contribution in [0, 0.1) is 0 Å². The maximum Gasteiger partial charge on any atom is 0.333 e. The Hall–Kier alpha value is -2.89. The van der Waals surface area contributed by atoms with Crippen LogP contribution in [0.25, 0.3) is 0 Å². The van der Waals surface area contributed by atoms with Crippen molar-refractivity contribution in [1.82, 2.24) is 10.3 Å². The van der Waals surface area contributed by atoms with Gasteiger partial charge in [0.25, 0.3) is 11.5 Å². The summed E-state index contributed by atoms with van der Waals surface area (Å²) in [5.74, 6) is -1.96. The van der Waals surface area contributed by atoms with E-state index >= 15 is 0 Å². The van der Waals surface area contributed by atoms with E-state index in [1.54, 1.807) is 30.3 Å². The van der Waals surface area contributed by atoms with E-state index in [0.717, 1.165) is 0 Å². The zero-order valence-electron chi connectivity index (χ0n) is 11.3. The molecule has 0 radical (unpaired) electrons. The molecule has 2 rings (SSSR count). The third-order valence-corrected chi connectivity index (χ3v) is 3.21. The number of nitrogens with one attached hydrogen (secondary N) is 2. The molecule has 0 aliphatic carbocycles. The molecule has 1 heterocycles. The molecule has 108 valence electrons. The SMILES string of the molecule is CC(NC(=O)c1ccc[nH]c1=O)(C(=O)O)c1ccccc1. The summed E-state index contributed by atoms with van der Waals surface area (Å²) >= 11 is 0. The first kappa shape index (κ1) is 14.5. The lowest BCUT2D eigenvalue weighted by molar-refractivity contribution is -0.144. The molecule has 21 heavy (non-hydrogen) atoms. The van der Waals surface area contributed by atoms with Crippen LogP contribution in [0.3, 0.4) is 0 Å². The smallest absolute Gasteiger partial charge is 0.333 e. The molecule has 0 fully saturated rings. The molecular weight excluding hydrogens is 272 g/mol. The normalized spacial score (nSPS) is 13.2. The number of aliphatic carboxylic acids is 1. The van der Waals surface area contributed by atoms with E-state index in [1.807, 2.05) is 0 Å². The molecule has 0 aliphatic heterocycles. The van der Waals surface area contributed by atoms with Crippen molar-refractivity contribution < 1.29 is 14.7 Å². The molecular formula is C15H14N2O4. The lowest BCUT2D eigenvalue weighted by Gasteiger charge is -2.26. The molecule has 6 heteroatoms. The summed E-state index contributed by atoms with van der Waals surface area (Å²) in [6, 6.07) is 11.1. The van der Waals surface area contributed by atoms with Gasteiger partial charge < -0.3 is 15.4 Å². The molecule has 1 aromatic carbocycles. The van der Waals surface area contributed by atoms with Gasteiger partial charge in [-0.1, -0.05) is 30.3 Å². The number of pyridine rings is 1. The van der Waals surface area contributed by atoms with Crippen molar-refractivity contribution in [3.63, 3.8) is 0 Å². The van der Waals surface area contributed by atoms with Crippen LogP contribution in [-0.2, 0) is 10.3 Å². The lowest BCUT2D eigenvalue weighted by atomic mass is 9.91. The van der Waals surface area contributed by atoms with Crippen LogP contribution in [-0.4, -0.2) is 22.0 Å². The van der Waals surface area contributed by atoms with E-state index in [1.165, 1.54) is 25.3 Å². The number of aromatic nitrogens is 1. The van der Waals surface area contributed by atoms with Crippen molar-refractivity contribution in [2.24, 2.45) is 0 Å². The van der Waals surface area contributed by atoms with Crippen molar-refractivity contribution >= 4 is 11.9 Å². The molecule has 0 aliphatic rings. The highest BCUT2D eigenvalue weighted by molar-refractivity contribution is 5.97. The van der Waals surface area contributed by atoms with Crippen LogP contribution in [0.2, 0.25) is 0 Å². The number of H-pyrrole nitrogens is 1. The van der Waals surface area contributed by atoms with Crippen LogP contribution in [0.15, 0.2) is 53.5 Å². The van der Waals surface area contributed by atoms with Crippen LogP contribution in [0.1, 0.15) is 22.8 Å². The molecule has 1 aromatic heterocycles. The summed E-state index contributed by atoms with van der Waals surface area (Å²) in [5.41, 5.74) is -1.92. The Kier molecular flexibility index (Phi) is 3.89. The molecule has 2 aromatic rings. The molecule has 0 saturated carbocycles. The summed E-state index contributed by atoms with van der Waals surface area (Å²) < 4.78 is 0. The molecule has 1 atom stereocenters. The number of aromatic amines is 1. The Bertz CT molecular complexity index is 724. The Morgan fingerprint density at radius 3 is 2.38 bits per heavy atom. The fraction of sp³-hybridized carbons (Fsp3) is 0.133. The highest BCUT2D eigenvalue weighted by Crippen LogP contribution is 2.21. The van der Waals surface area contributed by atoms with Crippen molar-refractivity contribution in [3.8, 4) is 0 Å². The summed E-state index contributed by atoms with van der Waals surface area (Å²) in [5, 5.41) is 11.9. The van der Waals surface area contributed by atoms with Gasteiger partial charge in [0.1, 0.15) is 5.56 Å². The van der Waals surface area contributed by atoms with Crippen molar-refractivity contribution in [1.29, 1.82) is 0 Å². The van der Waals surface area contributed by atoms with E-state index < -0.39 is 23.0 Å². The minimum atomic E-state index is -1.62. The monoisotopic (exact) mass is 286 g/mol. The summed E-state index contributed by atoms with van der Waals surface area (Å²) in [6.45, 7) is 1.37. The van der Waals surface area contributed by atoms with Gasteiger partial charge in [0.15, 0.2) is 5.54 Å². The zero-order valence-corrected chi connectivity index (χ0v) is 11.3.